The van der Waals surface area contributed by atoms with Crippen molar-refractivity contribution in [2.75, 3.05) is 13.2 Å². The van der Waals surface area contributed by atoms with E-state index in [-0.39, 0.29) is 12.0 Å². The molecule has 0 bridgehead atoms. The standard InChI is InChI=1S/C7H11ClO3.C4H10O/c1-4(9)3-6(8)5(2)7(10)11;1-3-5-4-2/h4,6,9H,2-3H2,1H3,(H,10,11);3-4H2,1-2H3. The highest BCUT2D eigenvalue weighted by Crippen LogP contribution is 2.14. The maximum absolute atomic E-state index is 10.3. The van der Waals surface area contributed by atoms with E-state index in [1.54, 1.807) is 6.92 Å². The molecule has 0 amide bonds. The highest BCUT2D eigenvalue weighted by molar-refractivity contribution is 6.25. The lowest BCUT2D eigenvalue weighted by Gasteiger charge is -2.10. The summed E-state index contributed by atoms with van der Waals surface area (Å²) in [6, 6.07) is 0. The molecule has 0 aromatic rings. The molecule has 0 aliphatic rings. The molecular weight excluding hydrogens is 232 g/mol. The molecule has 0 spiro atoms. The van der Waals surface area contributed by atoms with Gasteiger partial charge in [-0.3, -0.25) is 0 Å². The molecule has 0 aromatic heterocycles. The minimum atomic E-state index is -1.12. The Hall–Kier alpha value is -0.580. The molecular formula is C11H21ClO4. The van der Waals surface area contributed by atoms with Crippen molar-refractivity contribution in [2.45, 2.75) is 38.7 Å². The van der Waals surface area contributed by atoms with Crippen molar-refractivity contribution in [1.29, 1.82) is 0 Å². The third kappa shape index (κ3) is 11.5. The van der Waals surface area contributed by atoms with Gasteiger partial charge >= 0.3 is 5.97 Å². The van der Waals surface area contributed by atoms with Gasteiger partial charge in [-0.25, -0.2) is 4.79 Å². The number of aliphatic carboxylic acids is 1. The first-order valence-corrected chi connectivity index (χ1v) is 5.62. The number of carbonyl (C=O) groups is 1. The molecule has 2 atom stereocenters. The van der Waals surface area contributed by atoms with Gasteiger partial charge in [0.15, 0.2) is 0 Å². The molecule has 0 rings (SSSR count). The van der Waals surface area contributed by atoms with Crippen molar-refractivity contribution >= 4 is 17.6 Å². The van der Waals surface area contributed by atoms with Crippen LogP contribution in [0.25, 0.3) is 0 Å². The molecule has 0 aliphatic heterocycles. The van der Waals surface area contributed by atoms with Gasteiger partial charge in [0.25, 0.3) is 0 Å². The monoisotopic (exact) mass is 252 g/mol. The summed E-state index contributed by atoms with van der Waals surface area (Å²) >= 11 is 5.58. The van der Waals surface area contributed by atoms with E-state index in [1.807, 2.05) is 13.8 Å². The molecule has 16 heavy (non-hydrogen) atoms. The van der Waals surface area contributed by atoms with Crippen LogP contribution < -0.4 is 0 Å². The van der Waals surface area contributed by atoms with Gasteiger partial charge in [0, 0.05) is 18.8 Å². The topological polar surface area (TPSA) is 66.8 Å². The van der Waals surface area contributed by atoms with Crippen molar-refractivity contribution < 1.29 is 19.7 Å². The van der Waals surface area contributed by atoms with E-state index in [4.69, 9.17) is 26.6 Å². The Morgan fingerprint density at radius 2 is 1.88 bits per heavy atom. The Kier molecular flexibility index (Phi) is 12.2. The number of aliphatic hydroxyl groups excluding tert-OH is 1. The average Bonchev–Trinajstić information content (AvgIpc) is 2.17. The van der Waals surface area contributed by atoms with Crippen molar-refractivity contribution in [3.8, 4) is 0 Å². The van der Waals surface area contributed by atoms with Crippen LogP contribution in [0.3, 0.4) is 0 Å². The number of carboxylic acids is 1. The molecule has 0 fully saturated rings. The Balaban J connectivity index is 0. The van der Waals surface area contributed by atoms with Crippen LogP contribution in [0.1, 0.15) is 27.2 Å². The summed E-state index contributed by atoms with van der Waals surface area (Å²) in [5.41, 5.74) is -0.0763. The second-order valence-corrected chi connectivity index (χ2v) is 3.69. The fourth-order valence-corrected chi connectivity index (χ4v) is 1.13. The van der Waals surface area contributed by atoms with Crippen molar-refractivity contribution in [3.63, 3.8) is 0 Å². The largest absolute Gasteiger partial charge is 0.478 e. The van der Waals surface area contributed by atoms with Crippen molar-refractivity contribution in [2.24, 2.45) is 0 Å². The van der Waals surface area contributed by atoms with Crippen LogP contribution >= 0.6 is 11.6 Å². The van der Waals surface area contributed by atoms with Crippen LogP contribution in [0, 0.1) is 0 Å². The summed E-state index contributed by atoms with van der Waals surface area (Å²) in [6.07, 6.45) is -0.388. The third-order valence-electron chi connectivity index (χ3n) is 1.61. The Bertz CT molecular complexity index is 202. The first kappa shape index (κ1) is 17.8. The molecule has 0 radical (unpaired) electrons. The van der Waals surface area contributed by atoms with E-state index in [0.29, 0.717) is 0 Å². The second-order valence-electron chi connectivity index (χ2n) is 3.16. The Morgan fingerprint density at radius 3 is 2.06 bits per heavy atom. The highest BCUT2D eigenvalue weighted by Gasteiger charge is 2.16. The van der Waals surface area contributed by atoms with Gasteiger partial charge in [0.05, 0.1) is 11.5 Å². The summed E-state index contributed by atoms with van der Waals surface area (Å²) in [5, 5.41) is 16.5. The number of rotatable bonds is 6. The van der Waals surface area contributed by atoms with E-state index in [2.05, 4.69) is 6.58 Å². The van der Waals surface area contributed by atoms with Crippen LogP contribution in [0.2, 0.25) is 0 Å². The zero-order chi connectivity index (χ0) is 13.1. The Morgan fingerprint density at radius 1 is 1.44 bits per heavy atom. The lowest BCUT2D eigenvalue weighted by atomic mass is 10.1. The molecule has 0 aromatic carbocycles. The number of ether oxygens (including phenoxy) is 1. The lowest BCUT2D eigenvalue weighted by Crippen LogP contribution is -2.16. The summed E-state index contributed by atoms with van der Waals surface area (Å²) in [4.78, 5) is 10.3. The Labute approximate surface area is 102 Å². The predicted molar refractivity (Wildman–Crippen MR) is 64.9 cm³/mol. The number of carboxylic acid groups (broad SMARTS) is 1. The number of hydrogen-bond acceptors (Lipinski definition) is 3. The number of halogens is 1. The average molecular weight is 253 g/mol. The molecule has 2 N–H and O–H groups in total. The minimum Gasteiger partial charge on any atom is -0.478 e. The van der Waals surface area contributed by atoms with Crippen LogP contribution in [0.15, 0.2) is 12.2 Å². The van der Waals surface area contributed by atoms with Gasteiger partial charge in [-0.2, -0.15) is 0 Å². The van der Waals surface area contributed by atoms with Crippen LogP contribution in [0.5, 0.6) is 0 Å². The van der Waals surface area contributed by atoms with Gasteiger partial charge in [-0.1, -0.05) is 6.58 Å². The van der Waals surface area contributed by atoms with E-state index in [9.17, 15) is 4.79 Å². The fourth-order valence-electron chi connectivity index (χ4n) is 0.780. The molecule has 2 unspecified atom stereocenters. The normalized spacial score (nSPS) is 13.3. The van der Waals surface area contributed by atoms with Gasteiger partial charge in [-0.05, 0) is 27.2 Å². The van der Waals surface area contributed by atoms with Crippen molar-refractivity contribution in [1.82, 2.24) is 0 Å². The van der Waals surface area contributed by atoms with E-state index in [0.717, 1.165) is 13.2 Å². The highest BCUT2D eigenvalue weighted by atomic mass is 35.5. The first-order valence-electron chi connectivity index (χ1n) is 5.18. The summed E-state index contributed by atoms with van der Waals surface area (Å²) in [6.45, 7) is 10.5. The summed E-state index contributed by atoms with van der Waals surface area (Å²) in [5.74, 6) is -1.12. The van der Waals surface area contributed by atoms with Crippen molar-refractivity contribution in [3.05, 3.63) is 12.2 Å². The van der Waals surface area contributed by atoms with Gasteiger partial charge < -0.3 is 14.9 Å². The number of hydrogen-bond donors (Lipinski definition) is 2. The molecule has 5 heteroatoms. The van der Waals surface area contributed by atoms with Gasteiger partial charge in [0.2, 0.25) is 0 Å². The summed E-state index contributed by atoms with van der Waals surface area (Å²) < 4.78 is 4.83. The number of alkyl halides is 1. The smallest absolute Gasteiger partial charge is 0.332 e. The van der Waals surface area contributed by atoms with E-state index >= 15 is 0 Å². The molecule has 4 nitrogen and oxygen atoms in total. The molecule has 0 saturated carbocycles. The SMILES string of the molecule is C=C(C(=O)O)C(Cl)CC(C)O.CCOCC. The number of aliphatic hydroxyl groups is 1. The maximum atomic E-state index is 10.3. The maximum Gasteiger partial charge on any atom is 0.332 e. The first-order chi connectivity index (χ1) is 7.36. The van der Waals surface area contributed by atoms with E-state index < -0.39 is 17.5 Å². The van der Waals surface area contributed by atoms with Crippen LogP contribution in [0.4, 0.5) is 0 Å². The van der Waals surface area contributed by atoms with Gasteiger partial charge in [-0.15, -0.1) is 11.6 Å². The van der Waals surface area contributed by atoms with Gasteiger partial charge in [0.1, 0.15) is 0 Å². The molecule has 0 heterocycles. The molecule has 0 saturated heterocycles. The van der Waals surface area contributed by atoms with E-state index in [1.165, 1.54) is 0 Å². The zero-order valence-electron chi connectivity index (χ0n) is 10.1. The van der Waals surface area contributed by atoms with Crippen LogP contribution in [-0.2, 0) is 9.53 Å². The summed E-state index contributed by atoms with van der Waals surface area (Å²) in [7, 11) is 0. The molecule has 0 aliphatic carbocycles. The lowest BCUT2D eigenvalue weighted by molar-refractivity contribution is -0.132. The quantitative estimate of drug-likeness (QED) is 0.561. The minimum absolute atomic E-state index is 0.0763. The zero-order valence-corrected chi connectivity index (χ0v) is 10.8. The third-order valence-corrected chi connectivity index (χ3v) is 2.05. The predicted octanol–water partition coefficient (Wildman–Crippen LogP) is 2.05. The second kappa shape index (κ2) is 10.9. The molecule has 96 valence electrons. The van der Waals surface area contributed by atoms with Crippen LogP contribution in [-0.4, -0.2) is 40.9 Å². The fraction of sp³-hybridized carbons (Fsp3) is 0.727.